The second-order valence-electron chi connectivity index (χ2n) is 4.25. The van der Waals surface area contributed by atoms with E-state index < -0.39 is 5.60 Å². The van der Waals surface area contributed by atoms with Crippen molar-refractivity contribution in [1.82, 2.24) is 4.90 Å². The molecule has 1 aliphatic rings. The zero-order valence-electron chi connectivity index (χ0n) is 8.50. The van der Waals surface area contributed by atoms with Crippen molar-refractivity contribution >= 4 is 0 Å². The summed E-state index contributed by atoms with van der Waals surface area (Å²) in [5.41, 5.74) is -0.440. The lowest BCUT2D eigenvalue weighted by Crippen LogP contribution is -2.39. The van der Waals surface area contributed by atoms with Gasteiger partial charge in [0.1, 0.15) is 0 Å². The van der Waals surface area contributed by atoms with Crippen molar-refractivity contribution in [2.24, 2.45) is 0 Å². The van der Waals surface area contributed by atoms with Gasteiger partial charge >= 0.3 is 0 Å². The Balaban J connectivity index is 2.21. The topological polar surface area (TPSA) is 43.7 Å². The van der Waals surface area contributed by atoms with Crippen molar-refractivity contribution in [3.8, 4) is 0 Å². The van der Waals surface area contributed by atoms with Crippen LogP contribution in [0.3, 0.4) is 0 Å². The predicted octanol–water partition coefficient (Wildman–Crippen LogP) is 0.606. The summed E-state index contributed by atoms with van der Waals surface area (Å²) in [7, 11) is 2.01. The molecule has 3 nitrogen and oxygen atoms in total. The maximum atomic E-state index is 10.1. The molecular formula is C10H21NO2. The smallest absolute Gasteiger partial charge is 0.0774 e. The Morgan fingerprint density at radius 3 is 2.46 bits per heavy atom. The van der Waals surface area contributed by atoms with E-state index in [1.165, 1.54) is 0 Å². The van der Waals surface area contributed by atoms with Crippen LogP contribution in [-0.2, 0) is 0 Å². The van der Waals surface area contributed by atoms with Crippen LogP contribution in [0.4, 0.5) is 0 Å². The van der Waals surface area contributed by atoms with E-state index in [2.05, 4.69) is 4.90 Å². The number of aliphatic hydroxyl groups is 2. The van der Waals surface area contributed by atoms with Crippen molar-refractivity contribution in [3.05, 3.63) is 0 Å². The van der Waals surface area contributed by atoms with Crippen molar-refractivity contribution in [1.29, 1.82) is 0 Å². The Hall–Kier alpha value is -0.120. The van der Waals surface area contributed by atoms with Crippen LogP contribution in [-0.4, -0.2) is 47.5 Å². The number of rotatable bonds is 5. The fourth-order valence-electron chi connectivity index (χ4n) is 2.11. The van der Waals surface area contributed by atoms with Crippen molar-refractivity contribution in [2.75, 3.05) is 26.7 Å². The van der Waals surface area contributed by atoms with Crippen LogP contribution in [0.15, 0.2) is 0 Å². The molecule has 1 saturated carbocycles. The third kappa shape index (κ3) is 3.63. The SMILES string of the molecule is CN(CCCO)CC1(O)CCCC1. The summed E-state index contributed by atoms with van der Waals surface area (Å²) in [6.07, 6.45) is 4.99. The van der Waals surface area contributed by atoms with E-state index in [9.17, 15) is 5.11 Å². The van der Waals surface area contributed by atoms with Gasteiger partial charge in [-0.15, -0.1) is 0 Å². The van der Waals surface area contributed by atoms with Crippen molar-refractivity contribution in [2.45, 2.75) is 37.7 Å². The Kier molecular flexibility index (Phi) is 4.16. The first-order valence-corrected chi connectivity index (χ1v) is 5.18. The van der Waals surface area contributed by atoms with Crippen LogP contribution in [0.2, 0.25) is 0 Å². The van der Waals surface area contributed by atoms with Crippen LogP contribution in [0.1, 0.15) is 32.1 Å². The van der Waals surface area contributed by atoms with Crippen LogP contribution in [0, 0.1) is 0 Å². The highest BCUT2D eigenvalue weighted by atomic mass is 16.3. The minimum Gasteiger partial charge on any atom is -0.396 e. The number of likely N-dealkylation sites (N-methyl/N-ethyl adjacent to an activating group) is 1. The van der Waals surface area contributed by atoms with Crippen molar-refractivity contribution in [3.63, 3.8) is 0 Å². The molecule has 0 unspecified atom stereocenters. The zero-order chi connectivity index (χ0) is 9.73. The average Bonchev–Trinajstić information content (AvgIpc) is 2.48. The van der Waals surface area contributed by atoms with E-state index in [1.54, 1.807) is 0 Å². The first kappa shape index (κ1) is 11.0. The molecule has 2 N–H and O–H groups in total. The Bertz CT molecular complexity index is 144. The first-order chi connectivity index (χ1) is 6.16. The first-order valence-electron chi connectivity index (χ1n) is 5.18. The summed E-state index contributed by atoms with van der Waals surface area (Å²) in [5.74, 6) is 0. The summed E-state index contributed by atoms with van der Waals surface area (Å²) in [6.45, 7) is 1.87. The summed E-state index contributed by atoms with van der Waals surface area (Å²) in [5, 5.41) is 18.7. The molecule has 3 heteroatoms. The van der Waals surface area contributed by atoms with E-state index in [0.29, 0.717) is 0 Å². The number of hydrogen-bond acceptors (Lipinski definition) is 3. The molecule has 0 radical (unpaired) electrons. The monoisotopic (exact) mass is 187 g/mol. The van der Waals surface area contributed by atoms with Gasteiger partial charge in [0.2, 0.25) is 0 Å². The van der Waals surface area contributed by atoms with Crippen molar-refractivity contribution < 1.29 is 10.2 Å². The molecule has 0 aromatic heterocycles. The minimum atomic E-state index is -0.440. The number of hydrogen-bond donors (Lipinski definition) is 2. The van der Waals surface area contributed by atoms with E-state index in [1.807, 2.05) is 7.05 Å². The maximum absolute atomic E-state index is 10.1. The molecule has 78 valence electrons. The largest absolute Gasteiger partial charge is 0.396 e. The van der Waals surface area contributed by atoms with Crippen LogP contribution in [0.25, 0.3) is 0 Å². The molecular weight excluding hydrogens is 166 g/mol. The standard InChI is InChI=1S/C10H21NO2/c1-11(7-4-8-12)9-10(13)5-2-3-6-10/h12-13H,2-9H2,1H3. The Morgan fingerprint density at radius 2 is 1.92 bits per heavy atom. The van der Waals surface area contributed by atoms with E-state index in [4.69, 9.17) is 5.11 Å². The third-order valence-electron chi connectivity index (χ3n) is 2.80. The molecule has 0 aliphatic heterocycles. The van der Waals surface area contributed by atoms with Gasteiger partial charge in [-0.25, -0.2) is 0 Å². The highest BCUT2D eigenvalue weighted by molar-refractivity contribution is 4.86. The summed E-state index contributed by atoms with van der Waals surface area (Å²) in [4.78, 5) is 2.11. The summed E-state index contributed by atoms with van der Waals surface area (Å²) < 4.78 is 0. The van der Waals surface area contributed by atoms with E-state index >= 15 is 0 Å². The Labute approximate surface area is 80.4 Å². The molecule has 0 saturated heterocycles. The predicted molar refractivity (Wildman–Crippen MR) is 52.6 cm³/mol. The average molecular weight is 187 g/mol. The van der Waals surface area contributed by atoms with Gasteiger partial charge in [-0.3, -0.25) is 0 Å². The molecule has 0 spiro atoms. The van der Waals surface area contributed by atoms with Crippen LogP contribution in [0.5, 0.6) is 0 Å². The molecule has 0 bridgehead atoms. The lowest BCUT2D eigenvalue weighted by molar-refractivity contribution is 0.0152. The normalized spacial score (nSPS) is 21.2. The van der Waals surface area contributed by atoms with Gasteiger partial charge in [0.15, 0.2) is 0 Å². The fourth-order valence-corrected chi connectivity index (χ4v) is 2.11. The van der Waals surface area contributed by atoms with Gasteiger partial charge in [-0.2, -0.15) is 0 Å². The lowest BCUT2D eigenvalue weighted by atomic mass is 10.0. The van der Waals surface area contributed by atoms with Gasteiger partial charge in [0, 0.05) is 19.7 Å². The number of aliphatic hydroxyl groups excluding tert-OH is 1. The third-order valence-corrected chi connectivity index (χ3v) is 2.80. The molecule has 0 atom stereocenters. The lowest BCUT2D eigenvalue weighted by Gasteiger charge is -2.28. The molecule has 13 heavy (non-hydrogen) atoms. The van der Waals surface area contributed by atoms with Crippen LogP contribution < -0.4 is 0 Å². The second kappa shape index (κ2) is 4.94. The molecule has 1 rings (SSSR count). The van der Waals surface area contributed by atoms with Gasteiger partial charge in [-0.05, 0) is 26.3 Å². The van der Waals surface area contributed by atoms with E-state index in [0.717, 1.165) is 45.2 Å². The molecule has 0 aromatic carbocycles. The van der Waals surface area contributed by atoms with Gasteiger partial charge in [0.05, 0.1) is 5.60 Å². The minimum absolute atomic E-state index is 0.239. The quantitative estimate of drug-likeness (QED) is 0.662. The highest BCUT2D eigenvalue weighted by Crippen LogP contribution is 2.29. The molecule has 0 heterocycles. The van der Waals surface area contributed by atoms with Gasteiger partial charge in [0.25, 0.3) is 0 Å². The van der Waals surface area contributed by atoms with Gasteiger partial charge in [-0.1, -0.05) is 12.8 Å². The second-order valence-corrected chi connectivity index (χ2v) is 4.25. The fraction of sp³-hybridized carbons (Fsp3) is 1.00. The molecule has 0 aromatic rings. The zero-order valence-corrected chi connectivity index (χ0v) is 8.50. The maximum Gasteiger partial charge on any atom is 0.0774 e. The summed E-state index contributed by atoms with van der Waals surface area (Å²) in [6, 6.07) is 0. The van der Waals surface area contributed by atoms with Gasteiger partial charge < -0.3 is 15.1 Å². The van der Waals surface area contributed by atoms with Crippen LogP contribution >= 0.6 is 0 Å². The molecule has 1 aliphatic carbocycles. The molecule has 0 amide bonds. The highest BCUT2D eigenvalue weighted by Gasteiger charge is 2.31. The van der Waals surface area contributed by atoms with E-state index in [-0.39, 0.29) is 6.61 Å². The molecule has 1 fully saturated rings. The summed E-state index contributed by atoms with van der Waals surface area (Å²) >= 11 is 0. The number of nitrogens with zero attached hydrogens (tertiary/aromatic N) is 1. The Morgan fingerprint density at radius 1 is 1.31 bits per heavy atom.